The van der Waals surface area contributed by atoms with E-state index in [1.165, 1.54) is 50.4 Å². The van der Waals surface area contributed by atoms with Gasteiger partial charge < -0.3 is 14.8 Å². The zero-order valence-corrected chi connectivity index (χ0v) is 14.9. The van der Waals surface area contributed by atoms with Crippen LogP contribution in [0.25, 0.3) is 0 Å². The molecule has 2 aromatic rings. The summed E-state index contributed by atoms with van der Waals surface area (Å²) in [5.74, 6) is -0.700. The summed E-state index contributed by atoms with van der Waals surface area (Å²) in [6.07, 6.45) is -1.09. The number of esters is 1. The molecule has 0 heterocycles. The van der Waals surface area contributed by atoms with Gasteiger partial charge in [-0.15, -0.1) is 0 Å². The standard InChI is InChI=1S/C17H18N2O6S/c1-11(25-17(21)12-6-8-14(24-2)9-7-12)16(20)19-13-4-3-5-15(10-13)26(18,22)23/h3-11H,1-2H3,(H,19,20)(H2,18,22,23). The lowest BCUT2D eigenvalue weighted by atomic mass is 10.2. The summed E-state index contributed by atoms with van der Waals surface area (Å²) in [5.41, 5.74) is 0.482. The van der Waals surface area contributed by atoms with Crippen LogP contribution in [0.1, 0.15) is 17.3 Å². The van der Waals surface area contributed by atoms with E-state index in [9.17, 15) is 18.0 Å². The fraction of sp³-hybridized carbons (Fsp3) is 0.176. The number of hydrogen-bond donors (Lipinski definition) is 2. The van der Waals surface area contributed by atoms with Crippen molar-refractivity contribution in [3.8, 4) is 5.75 Å². The molecule has 1 amide bonds. The molecule has 0 aliphatic carbocycles. The Balaban J connectivity index is 2.02. The number of hydrogen-bond acceptors (Lipinski definition) is 6. The van der Waals surface area contributed by atoms with Gasteiger partial charge in [-0.25, -0.2) is 18.4 Å². The van der Waals surface area contributed by atoms with Crippen molar-refractivity contribution in [3.63, 3.8) is 0 Å². The first-order valence-corrected chi connectivity index (χ1v) is 9.04. The quantitative estimate of drug-likeness (QED) is 0.735. The number of carbonyl (C=O) groups excluding carboxylic acids is 2. The molecule has 0 aliphatic rings. The molecule has 0 radical (unpaired) electrons. The monoisotopic (exact) mass is 378 g/mol. The van der Waals surface area contributed by atoms with Gasteiger partial charge in [0.25, 0.3) is 5.91 Å². The van der Waals surface area contributed by atoms with Crippen LogP contribution in [-0.4, -0.2) is 33.5 Å². The topological polar surface area (TPSA) is 125 Å². The number of sulfonamides is 1. The normalized spacial score (nSPS) is 12.1. The summed E-state index contributed by atoms with van der Waals surface area (Å²) >= 11 is 0. The SMILES string of the molecule is COc1ccc(C(=O)OC(C)C(=O)Nc2cccc(S(N)(=O)=O)c2)cc1. The first-order valence-electron chi connectivity index (χ1n) is 7.49. The van der Waals surface area contributed by atoms with Gasteiger partial charge in [-0.3, -0.25) is 4.79 Å². The van der Waals surface area contributed by atoms with Crippen molar-refractivity contribution in [1.82, 2.24) is 0 Å². The maximum Gasteiger partial charge on any atom is 0.338 e. The van der Waals surface area contributed by atoms with E-state index in [-0.39, 0.29) is 16.1 Å². The first-order chi connectivity index (χ1) is 12.2. The van der Waals surface area contributed by atoms with Gasteiger partial charge in [-0.2, -0.15) is 0 Å². The lowest BCUT2D eigenvalue weighted by Crippen LogP contribution is -2.30. The van der Waals surface area contributed by atoms with Crippen LogP contribution in [0.2, 0.25) is 0 Å². The van der Waals surface area contributed by atoms with Crippen molar-refractivity contribution in [2.24, 2.45) is 5.14 Å². The molecule has 1 atom stereocenters. The number of carbonyl (C=O) groups is 2. The first kappa shape index (κ1) is 19.4. The molecular weight excluding hydrogens is 360 g/mol. The maximum atomic E-state index is 12.2. The van der Waals surface area contributed by atoms with Gasteiger partial charge >= 0.3 is 5.97 Å². The molecule has 0 aromatic heterocycles. The highest BCUT2D eigenvalue weighted by atomic mass is 32.2. The Morgan fingerprint density at radius 1 is 1.12 bits per heavy atom. The van der Waals surface area contributed by atoms with Gasteiger partial charge in [0, 0.05) is 5.69 Å². The molecule has 1 unspecified atom stereocenters. The highest BCUT2D eigenvalue weighted by Gasteiger charge is 2.19. The van der Waals surface area contributed by atoms with E-state index in [0.29, 0.717) is 5.75 Å². The lowest BCUT2D eigenvalue weighted by Gasteiger charge is -2.14. The summed E-state index contributed by atoms with van der Waals surface area (Å²) in [5, 5.41) is 7.52. The van der Waals surface area contributed by atoms with Crippen molar-refractivity contribution in [2.75, 3.05) is 12.4 Å². The highest BCUT2D eigenvalue weighted by molar-refractivity contribution is 7.89. The van der Waals surface area contributed by atoms with E-state index in [2.05, 4.69) is 5.32 Å². The molecule has 3 N–H and O–H groups in total. The van der Waals surface area contributed by atoms with Gasteiger partial charge in [-0.05, 0) is 49.4 Å². The van der Waals surface area contributed by atoms with Crippen molar-refractivity contribution < 1.29 is 27.5 Å². The van der Waals surface area contributed by atoms with Crippen molar-refractivity contribution in [2.45, 2.75) is 17.9 Å². The Hall–Kier alpha value is -2.91. The molecule has 8 nitrogen and oxygen atoms in total. The van der Waals surface area contributed by atoms with Gasteiger partial charge in [0.15, 0.2) is 6.10 Å². The Labute approximate surface area is 151 Å². The van der Waals surface area contributed by atoms with Gasteiger partial charge in [0.2, 0.25) is 10.0 Å². The largest absolute Gasteiger partial charge is 0.497 e. The molecule has 0 spiro atoms. The maximum absolute atomic E-state index is 12.2. The predicted octanol–water partition coefficient (Wildman–Crippen LogP) is 1.53. The van der Waals surface area contributed by atoms with Crippen LogP contribution < -0.4 is 15.2 Å². The number of nitrogens with one attached hydrogen (secondary N) is 1. The van der Waals surface area contributed by atoms with Crippen LogP contribution >= 0.6 is 0 Å². The van der Waals surface area contributed by atoms with Crippen molar-refractivity contribution in [1.29, 1.82) is 0 Å². The minimum absolute atomic E-state index is 0.141. The van der Waals surface area contributed by atoms with Crippen LogP contribution in [-0.2, 0) is 19.6 Å². The summed E-state index contributed by atoms with van der Waals surface area (Å²) < 4.78 is 32.8. The number of benzene rings is 2. The summed E-state index contributed by atoms with van der Waals surface area (Å²) in [7, 11) is -2.38. The second kappa shape index (κ2) is 7.98. The van der Waals surface area contributed by atoms with E-state index in [1.807, 2.05) is 0 Å². The molecule has 0 fully saturated rings. The van der Waals surface area contributed by atoms with E-state index >= 15 is 0 Å². The molecule has 2 aromatic carbocycles. The molecule has 138 valence electrons. The minimum atomic E-state index is -3.89. The molecule has 0 aliphatic heterocycles. The fourth-order valence-electron chi connectivity index (χ4n) is 2.00. The summed E-state index contributed by atoms with van der Waals surface area (Å²) in [6.45, 7) is 1.40. The lowest BCUT2D eigenvalue weighted by molar-refractivity contribution is -0.123. The number of methoxy groups -OCH3 is 1. The van der Waals surface area contributed by atoms with Gasteiger partial charge in [0.05, 0.1) is 17.6 Å². The molecule has 0 bridgehead atoms. The Morgan fingerprint density at radius 2 is 1.77 bits per heavy atom. The average Bonchev–Trinajstić information content (AvgIpc) is 2.61. The Kier molecular flexibility index (Phi) is 5.96. The third-order valence-electron chi connectivity index (χ3n) is 3.41. The average molecular weight is 378 g/mol. The molecule has 2 rings (SSSR count). The summed E-state index contributed by atoms with van der Waals surface area (Å²) in [6, 6.07) is 11.7. The summed E-state index contributed by atoms with van der Waals surface area (Å²) in [4.78, 5) is 24.1. The minimum Gasteiger partial charge on any atom is -0.497 e. The second-order valence-electron chi connectivity index (χ2n) is 5.34. The number of amides is 1. The van der Waals surface area contributed by atoms with E-state index in [0.717, 1.165) is 0 Å². The molecule has 26 heavy (non-hydrogen) atoms. The van der Waals surface area contributed by atoms with E-state index < -0.39 is 28.0 Å². The Bertz CT molecular complexity index is 909. The van der Waals surface area contributed by atoms with Crippen LogP contribution in [0, 0.1) is 0 Å². The van der Waals surface area contributed by atoms with Crippen LogP contribution in [0.5, 0.6) is 5.75 Å². The number of anilines is 1. The molecule has 0 saturated carbocycles. The van der Waals surface area contributed by atoms with Crippen molar-refractivity contribution >= 4 is 27.6 Å². The number of primary sulfonamides is 1. The number of nitrogens with two attached hydrogens (primary N) is 1. The zero-order valence-electron chi connectivity index (χ0n) is 14.1. The van der Waals surface area contributed by atoms with E-state index in [1.54, 1.807) is 12.1 Å². The third kappa shape index (κ3) is 5.04. The fourth-order valence-corrected chi connectivity index (χ4v) is 2.56. The molecular formula is C17H18N2O6S. The predicted molar refractivity (Wildman–Crippen MR) is 94.3 cm³/mol. The van der Waals surface area contributed by atoms with Gasteiger partial charge in [-0.1, -0.05) is 6.07 Å². The van der Waals surface area contributed by atoms with Crippen LogP contribution in [0.3, 0.4) is 0 Å². The second-order valence-corrected chi connectivity index (χ2v) is 6.90. The molecule has 9 heteroatoms. The smallest absolute Gasteiger partial charge is 0.338 e. The van der Waals surface area contributed by atoms with Gasteiger partial charge in [0.1, 0.15) is 5.75 Å². The Morgan fingerprint density at radius 3 is 2.35 bits per heavy atom. The number of ether oxygens (including phenoxy) is 2. The van der Waals surface area contributed by atoms with E-state index in [4.69, 9.17) is 14.6 Å². The zero-order chi connectivity index (χ0) is 19.3. The van der Waals surface area contributed by atoms with Crippen LogP contribution in [0.4, 0.5) is 5.69 Å². The third-order valence-corrected chi connectivity index (χ3v) is 4.32. The van der Waals surface area contributed by atoms with Crippen molar-refractivity contribution in [3.05, 3.63) is 54.1 Å². The number of rotatable bonds is 6. The van der Waals surface area contributed by atoms with Crippen LogP contribution in [0.15, 0.2) is 53.4 Å². The highest BCUT2D eigenvalue weighted by Crippen LogP contribution is 2.16. The molecule has 0 saturated heterocycles.